The van der Waals surface area contributed by atoms with Gasteiger partial charge in [0.25, 0.3) is 5.91 Å². The van der Waals surface area contributed by atoms with Crippen LogP contribution in [0.4, 0.5) is 5.69 Å². The third kappa shape index (κ3) is 2.81. The summed E-state index contributed by atoms with van der Waals surface area (Å²) < 4.78 is 0.658. The minimum Gasteiger partial charge on any atom is -0.399 e. The van der Waals surface area contributed by atoms with Crippen molar-refractivity contribution < 1.29 is 9.59 Å². The molecule has 96 valence electrons. The van der Waals surface area contributed by atoms with Crippen LogP contribution in [-0.2, 0) is 4.79 Å². The predicted molar refractivity (Wildman–Crippen MR) is 72.1 cm³/mol. The first-order valence-corrected chi connectivity index (χ1v) is 6.51. The van der Waals surface area contributed by atoms with Gasteiger partial charge in [0.2, 0.25) is 5.91 Å². The third-order valence-electron chi connectivity index (χ3n) is 2.83. The third-order valence-corrected chi connectivity index (χ3v) is 3.52. The van der Waals surface area contributed by atoms with Crippen molar-refractivity contribution in [2.24, 2.45) is 0 Å². The standard InChI is InChI=1S/C12H14BrN3O2/c13-9-4-3-7(14)6-8(9)11(17)16-10-2-1-5-15-12(10)18/h3-4,6,10H,1-2,5,14H2,(H,15,18)(H,16,17). The SMILES string of the molecule is Nc1ccc(Br)c(C(=O)NC2CCCNC2=O)c1. The number of anilines is 1. The smallest absolute Gasteiger partial charge is 0.253 e. The van der Waals surface area contributed by atoms with Crippen LogP contribution in [0, 0.1) is 0 Å². The minimum atomic E-state index is -0.459. The molecule has 6 heteroatoms. The van der Waals surface area contributed by atoms with E-state index < -0.39 is 6.04 Å². The second-order valence-electron chi connectivity index (χ2n) is 4.20. The highest BCUT2D eigenvalue weighted by Gasteiger charge is 2.24. The monoisotopic (exact) mass is 311 g/mol. The number of amides is 2. The summed E-state index contributed by atoms with van der Waals surface area (Å²) in [7, 11) is 0. The van der Waals surface area contributed by atoms with Gasteiger partial charge < -0.3 is 16.4 Å². The molecule has 0 saturated carbocycles. The van der Waals surface area contributed by atoms with Crippen LogP contribution in [0.3, 0.4) is 0 Å². The van der Waals surface area contributed by atoms with Crippen molar-refractivity contribution in [1.29, 1.82) is 0 Å². The number of hydrogen-bond acceptors (Lipinski definition) is 3. The first-order chi connectivity index (χ1) is 8.58. The first kappa shape index (κ1) is 12.9. The van der Waals surface area contributed by atoms with E-state index in [9.17, 15) is 9.59 Å². The van der Waals surface area contributed by atoms with E-state index in [0.717, 1.165) is 6.42 Å². The number of nitrogens with one attached hydrogen (secondary N) is 2. The molecule has 1 unspecified atom stereocenters. The molecule has 2 amide bonds. The number of carbonyl (C=O) groups excluding carboxylic acids is 2. The Kier molecular flexibility index (Phi) is 3.86. The van der Waals surface area contributed by atoms with E-state index in [1.54, 1.807) is 18.2 Å². The Hall–Kier alpha value is -1.56. The number of carbonyl (C=O) groups is 2. The summed E-state index contributed by atoms with van der Waals surface area (Å²) in [6, 6.07) is 4.54. The van der Waals surface area contributed by atoms with E-state index in [1.807, 2.05) is 0 Å². The number of piperidine rings is 1. The molecule has 2 rings (SSSR count). The maximum Gasteiger partial charge on any atom is 0.253 e. The lowest BCUT2D eigenvalue weighted by atomic mass is 10.1. The highest BCUT2D eigenvalue weighted by molar-refractivity contribution is 9.10. The number of halogens is 1. The Morgan fingerprint density at radius 3 is 3.00 bits per heavy atom. The lowest BCUT2D eigenvalue weighted by Gasteiger charge is -2.23. The summed E-state index contributed by atoms with van der Waals surface area (Å²) >= 11 is 3.29. The lowest BCUT2D eigenvalue weighted by molar-refractivity contribution is -0.124. The summed E-state index contributed by atoms with van der Waals surface area (Å²) in [4.78, 5) is 23.6. The molecule has 1 saturated heterocycles. The van der Waals surface area contributed by atoms with Gasteiger partial charge in [-0.2, -0.15) is 0 Å². The highest BCUT2D eigenvalue weighted by atomic mass is 79.9. The second-order valence-corrected chi connectivity index (χ2v) is 5.05. The fourth-order valence-corrected chi connectivity index (χ4v) is 2.29. The van der Waals surface area contributed by atoms with Crippen molar-refractivity contribution in [2.45, 2.75) is 18.9 Å². The van der Waals surface area contributed by atoms with Gasteiger partial charge in [-0.15, -0.1) is 0 Å². The Bertz CT molecular complexity index is 490. The second kappa shape index (κ2) is 5.39. The first-order valence-electron chi connectivity index (χ1n) is 5.71. The van der Waals surface area contributed by atoms with Gasteiger partial charge >= 0.3 is 0 Å². The van der Waals surface area contributed by atoms with E-state index in [2.05, 4.69) is 26.6 Å². The van der Waals surface area contributed by atoms with Gasteiger partial charge in [-0.1, -0.05) is 0 Å². The summed E-state index contributed by atoms with van der Waals surface area (Å²) in [5.41, 5.74) is 6.59. The number of nitrogen functional groups attached to an aromatic ring is 1. The molecule has 1 aromatic rings. The molecule has 1 heterocycles. The van der Waals surface area contributed by atoms with Gasteiger partial charge in [-0.3, -0.25) is 9.59 Å². The molecule has 0 bridgehead atoms. The molecule has 1 atom stereocenters. The molecule has 1 aromatic carbocycles. The van der Waals surface area contributed by atoms with Crippen LogP contribution >= 0.6 is 15.9 Å². The number of rotatable bonds is 2. The maximum atomic E-state index is 12.1. The zero-order valence-corrected chi connectivity index (χ0v) is 11.3. The normalized spacial score (nSPS) is 19.2. The van der Waals surface area contributed by atoms with Gasteiger partial charge in [-0.05, 0) is 47.0 Å². The Balaban J connectivity index is 2.11. The van der Waals surface area contributed by atoms with Gasteiger partial charge in [0.15, 0.2) is 0 Å². The zero-order valence-electron chi connectivity index (χ0n) is 9.70. The van der Waals surface area contributed by atoms with Crippen molar-refractivity contribution in [3.63, 3.8) is 0 Å². The average Bonchev–Trinajstić information content (AvgIpc) is 2.35. The maximum absolute atomic E-state index is 12.1. The number of hydrogen-bond donors (Lipinski definition) is 3. The van der Waals surface area contributed by atoms with E-state index in [-0.39, 0.29) is 11.8 Å². The van der Waals surface area contributed by atoms with Crippen LogP contribution in [0.5, 0.6) is 0 Å². The van der Waals surface area contributed by atoms with E-state index in [4.69, 9.17) is 5.73 Å². The Morgan fingerprint density at radius 1 is 1.50 bits per heavy atom. The average molecular weight is 312 g/mol. The molecule has 18 heavy (non-hydrogen) atoms. The fraction of sp³-hybridized carbons (Fsp3) is 0.333. The van der Waals surface area contributed by atoms with E-state index >= 15 is 0 Å². The largest absolute Gasteiger partial charge is 0.399 e. The lowest BCUT2D eigenvalue weighted by Crippen LogP contribution is -2.50. The molecule has 5 nitrogen and oxygen atoms in total. The van der Waals surface area contributed by atoms with Crippen LogP contribution in [-0.4, -0.2) is 24.4 Å². The van der Waals surface area contributed by atoms with Crippen LogP contribution in [0.15, 0.2) is 22.7 Å². The molecule has 0 aliphatic carbocycles. The number of benzene rings is 1. The molecular formula is C12H14BrN3O2. The summed E-state index contributed by atoms with van der Waals surface area (Å²) in [6.45, 7) is 0.674. The van der Waals surface area contributed by atoms with Crippen molar-refractivity contribution >= 4 is 33.4 Å². The fourth-order valence-electron chi connectivity index (χ4n) is 1.86. The van der Waals surface area contributed by atoms with Crippen molar-refractivity contribution in [3.8, 4) is 0 Å². The van der Waals surface area contributed by atoms with E-state index in [1.165, 1.54) is 0 Å². The molecule has 0 radical (unpaired) electrons. The van der Waals surface area contributed by atoms with Crippen LogP contribution in [0.25, 0.3) is 0 Å². The predicted octanol–water partition coefficient (Wildman–Crippen LogP) is 1.04. The highest BCUT2D eigenvalue weighted by Crippen LogP contribution is 2.19. The molecule has 1 aliphatic rings. The Labute approximate surface area is 113 Å². The Morgan fingerprint density at radius 2 is 2.28 bits per heavy atom. The van der Waals surface area contributed by atoms with Crippen LogP contribution in [0.1, 0.15) is 23.2 Å². The summed E-state index contributed by atoms with van der Waals surface area (Å²) in [6.07, 6.45) is 1.53. The zero-order chi connectivity index (χ0) is 13.1. The molecule has 1 fully saturated rings. The number of nitrogens with two attached hydrogens (primary N) is 1. The van der Waals surface area contributed by atoms with Gasteiger partial charge in [0.1, 0.15) is 6.04 Å². The summed E-state index contributed by atoms with van der Waals surface area (Å²) in [5.74, 6) is -0.425. The van der Waals surface area contributed by atoms with Gasteiger partial charge in [-0.25, -0.2) is 0 Å². The molecule has 0 spiro atoms. The minimum absolute atomic E-state index is 0.130. The van der Waals surface area contributed by atoms with Gasteiger partial charge in [0.05, 0.1) is 5.56 Å². The topological polar surface area (TPSA) is 84.2 Å². The van der Waals surface area contributed by atoms with E-state index in [0.29, 0.717) is 28.7 Å². The molecule has 1 aliphatic heterocycles. The van der Waals surface area contributed by atoms with Gasteiger partial charge in [0, 0.05) is 16.7 Å². The molecule has 4 N–H and O–H groups in total. The van der Waals surface area contributed by atoms with Crippen LogP contribution in [0.2, 0.25) is 0 Å². The molecule has 0 aromatic heterocycles. The quantitative estimate of drug-likeness (QED) is 0.714. The van der Waals surface area contributed by atoms with Crippen LogP contribution < -0.4 is 16.4 Å². The van der Waals surface area contributed by atoms with Crippen molar-refractivity contribution in [1.82, 2.24) is 10.6 Å². The summed E-state index contributed by atoms with van der Waals surface area (Å²) in [5, 5.41) is 5.44. The van der Waals surface area contributed by atoms with Crippen molar-refractivity contribution in [3.05, 3.63) is 28.2 Å². The van der Waals surface area contributed by atoms with Crippen molar-refractivity contribution in [2.75, 3.05) is 12.3 Å². The molecular weight excluding hydrogens is 298 g/mol.